The van der Waals surface area contributed by atoms with Crippen LogP contribution in [0.25, 0.3) is 70.9 Å². The molecule has 1 aromatic heterocycles. The van der Waals surface area contributed by atoms with Gasteiger partial charge in [0.05, 0.1) is 22.4 Å². The van der Waals surface area contributed by atoms with E-state index in [1.54, 1.807) is 11.1 Å². The Kier molecular flexibility index (Phi) is 8.35. The molecule has 0 radical (unpaired) electrons. The molecule has 4 saturated carbocycles. The highest BCUT2D eigenvalue weighted by Crippen LogP contribution is 2.69. The van der Waals surface area contributed by atoms with Gasteiger partial charge >= 0.3 is 0 Å². The van der Waals surface area contributed by atoms with Gasteiger partial charge in [0.2, 0.25) is 0 Å². The highest BCUT2D eigenvalue weighted by atomic mass is 15.2. The van der Waals surface area contributed by atoms with Crippen LogP contribution < -0.4 is 9.80 Å². The molecule has 0 N–H and O–H groups in total. The van der Waals surface area contributed by atoms with Crippen molar-refractivity contribution in [1.82, 2.24) is 4.57 Å². The Morgan fingerprint density at radius 2 is 0.845 bits per heavy atom. The Bertz CT molecular complexity index is 4010. The van der Waals surface area contributed by atoms with Gasteiger partial charge in [-0.1, -0.05) is 146 Å². The molecule has 0 saturated heterocycles. The molecule has 17 rings (SSSR count). The van der Waals surface area contributed by atoms with Gasteiger partial charge in [0, 0.05) is 55.4 Å². The molecule has 1 heterocycles. The van der Waals surface area contributed by atoms with Crippen LogP contribution in [0.3, 0.4) is 0 Å². The van der Waals surface area contributed by atoms with Gasteiger partial charge in [-0.05, 0) is 178 Å². The van der Waals surface area contributed by atoms with Crippen molar-refractivity contribution in [3.05, 3.63) is 236 Å². The van der Waals surface area contributed by atoms with E-state index >= 15 is 0 Å². The Hall–Kier alpha value is -8.14. The van der Waals surface area contributed by atoms with Crippen molar-refractivity contribution in [2.24, 2.45) is 23.7 Å². The largest absolute Gasteiger partial charge is 0.310 e. The van der Waals surface area contributed by atoms with Crippen LogP contribution in [0.1, 0.15) is 43.2 Å². The monoisotopic (exact) mass is 909 g/mol. The molecule has 0 atom stereocenters. The highest BCUT2D eigenvalue weighted by Gasteiger charge is 2.61. The molecule has 71 heavy (non-hydrogen) atoms. The number of fused-ring (bicyclic) bond motifs is 6. The van der Waals surface area contributed by atoms with Crippen LogP contribution in [-0.4, -0.2) is 4.57 Å². The predicted octanol–water partition coefficient (Wildman–Crippen LogP) is 18.3. The minimum Gasteiger partial charge on any atom is -0.310 e. The summed E-state index contributed by atoms with van der Waals surface area (Å²) in [5, 5.41) is 10.1. The first-order valence-electron chi connectivity index (χ1n) is 25.9. The Balaban J connectivity index is 0.880. The fourth-order valence-electron chi connectivity index (χ4n) is 15.4. The van der Waals surface area contributed by atoms with E-state index in [0.717, 1.165) is 52.1 Å². The normalized spacial score (nSPS) is 20.7. The third-order valence-electron chi connectivity index (χ3n) is 17.9. The van der Waals surface area contributed by atoms with Gasteiger partial charge in [0.1, 0.15) is 0 Å². The molecule has 0 amide bonds. The van der Waals surface area contributed by atoms with E-state index in [1.807, 2.05) is 0 Å². The summed E-state index contributed by atoms with van der Waals surface area (Å²) in [4.78, 5) is 4.99. The zero-order valence-electron chi connectivity index (χ0n) is 39.5. The van der Waals surface area contributed by atoms with E-state index in [1.165, 1.54) is 109 Å². The molecule has 3 heteroatoms. The smallest absolute Gasteiger partial charge is 0.0541 e. The SMILES string of the molecule is c1ccc(N(c2cccc(-n3c4ccccc4c4ccccc43)c2)c2ccc3ccc4c(N(c5ccccc5)c5ccc6c(c5)-c5ccccc5C65C6CC7CC(C6)CC5C7)ccc5ccc2c3c54)cc1. The first kappa shape index (κ1) is 39.7. The molecule has 4 bridgehead atoms. The van der Waals surface area contributed by atoms with Crippen molar-refractivity contribution in [2.45, 2.75) is 37.5 Å². The number of aromatic nitrogens is 1. The average molecular weight is 910 g/mol. The molecule has 5 aliphatic rings. The van der Waals surface area contributed by atoms with Crippen molar-refractivity contribution >= 4 is 88.2 Å². The lowest BCUT2D eigenvalue weighted by Gasteiger charge is -2.61. The van der Waals surface area contributed by atoms with Gasteiger partial charge < -0.3 is 14.4 Å². The van der Waals surface area contributed by atoms with Crippen molar-refractivity contribution in [3.8, 4) is 16.8 Å². The van der Waals surface area contributed by atoms with Crippen LogP contribution in [0.2, 0.25) is 0 Å². The number of nitrogens with zero attached hydrogens (tertiary/aromatic N) is 3. The van der Waals surface area contributed by atoms with E-state index in [4.69, 9.17) is 0 Å². The summed E-state index contributed by atoms with van der Waals surface area (Å²) in [5.74, 6) is 3.31. The molecule has 3 nitrogen and oxygen atoms in total. The minimum absolute atomic E-state index is 0.139. The van der Waals surface area contributed by atoms with Crippen molar-refractivity contribution < 1.29 is 0 Å². The van der Waals surface area contributed by atoms with Gasteiger partial charge in [-0.3, -0.25) is 0 Å². The third kappa shape index (κ3) is 5.55. The lowest BCUT2D eigenvalue weighted by atomic mass is 9.43. The fourth-order valence-corrected chi connectivity index (χ4v) is 15.4. The van der Waals surface area contributed by atoms with Crippen molar-refractivity contribution in [3.63, 3.8) is 0 Å². The standard InChI is InChI=1S/C68H51N3/c1-3-14-49(15-4-1)69(51-18-13-19-52(41-51)71-62-24-11-8-21-55(62)56-22-9-12-25-63(56)71)64-34-28-45-27-32-58-65(35-29-46-26-31-57(64)66(45)67(46)58)70(50-16-5-2-6-17-50)53-30-33-61-59(42-53)54-20-7-10-23-60(54)68(61)47-37-43-36-44(39-47)40-48(68)38-43/h1-35,41-44,47-48H,36-40H2. The molecule has 5 aliphatic carbocycles. The van der Waals surface area contributed by atoms with Crippen LogP contribution in [0.5, 0.6) is 0 Å². The number of benzene rings is 11. The van der Waals surface area contributed by atoms with E-state index in [0.29, 0.717) is 0 Å². The fraction of sp³-hybridized carbons (Fsp3) is 0.147. The Morgan fingerprint density at radius 1 is 0.352 bits per heavy atom. The topological polar surface area (TPSA) is 11.4 Å². The number of para-hydroxylation sites is 4. The van der Waals surface area contributed by atoms with Gasteiger partial charge in [-0.2, -0.15) is 0 Å². The molecule has 0 unspecified atom stereocenters. The summed E-state index contributed by atoms with van der Waals surface area (Å²) >= 11 is 0. The molecular weight excluding hydrogens is 859 g/mol. The third-order valence-corrected chi connectivity index (χ3v) is 17.9. The lowest BCUT2D eigenvalue weighted by molar-refractivity contribution is -0.0399. The van der Waals surface area contributed by atoms with Crippen LogP contribution in [0.4, 0.5) is 34.1 Å². The second-order valence-electron chi connectivity index (χ2n) is 21.3. The Morgan fingerprint density at radius 3 is 1.45 bits per heavy atom. The van der Waals surface area contributed by atoms with E-state index in [2.05, 4.69) is 239 Å². The molecule has 0 aliphatic heterocycles. The number of hydrogen-bond donors (Lipinski definition) is 0. The first-order chi connectivity index (χ1) is 35.2. The predicted molar refractivity (Wildman–Crippen MR) is 297 cm³/mol. The quantitative estimate of drug-likeness (QED) is 0.148. The molecule has 338 valence electrons. The maximum absolute atomic E-state index is 2.57. The minimum atomic E-state index is 0.139. The maximum atomic E-state index is 2.57. The maximum Gasteiger partial charge on any atom is 0.0541 e. The van der Waals surface area contributed by atoms with Crippen molar-refractivity contribution in [1.29, 1.82) is 0 Å². The molecule has 4 fully saturated rings. The highest BCUT2D eigenvalue weighted by molar-refractivity contribution is 6.28. The lowest BCUT2D eigenvalue weighted by Crippen LogP contribution is -2.55. The van der Waals surface area contributed by atoms with Crippen LogP contribution >= 0.6 is 0 Å². The zero-order chi connectivity index (χ0) is 46.4. The second kappa shape index (κ2) is 14.9. The van der Waals surface area contributed by atoms with Gasteiger partial charge in [0.15, 0.2) is 0 Å². The van der Waals surface area contributed by atoms with Crippen LogP contribution in [0, 0.1) is 23.7 Å². The summed E-state index contributed by atoms with van der Waals surface area (Å²) in [6, 6.07) is 84.5. The summed E-state index contributed by atoms with van der Waals surface area (Å²) < 4.78 is 2.42. The second-order valence-corrected chi connectivity index (χ2v) is 21.3. The van der Waals surface area contributed by atoms with E-state index in [-0.39, 0.29) is 5.41 Å². The van der Waals surface area contributed by atoms with Crippen molar-refractivity contribution in [2.75, 3.05) is 9.80 Å². The zero-order valence-corrected chi connectivity index (χ0v) is 39.5. The van der Waals surface area contributed by atoms with Crippen LogP contribution in [-0.2, 0) is 5.41 Å². The molecule has 11 aromatic carbocycles. The molecular formula is C68H51N3. The van der Waals surface area contributed by atoms with Gasteiger partial charge in [0.25, 0.3) is 0 Å². The first-order valence-corrected chi connectivity index (χ1v) is 25.9. The average Bonchev–Trinajstić information content (AvgIpc) is 3.91. The number of rotatable bonds is 7. The summed E-state index contributed by atoms with van der Waals surface area (Å²) in [6.45, 7) is 0. The number of hydrogen-bond acceptors (Lipinski definition) is 2. The van der Waals surface area contributed by atoms with Crippen LogP contribution in [0.15, 0.2) is 224 Å². The van der Waals surface area contributed by atoms with E-state index < -0.39 is 0 Å². The van der Waals surface area contributed by atoms with Gasteiger partial charge in [-0.25, -0.2) is 0 Å². The van der Waals surface area contributed by atoms with Gasteiger partial charge in [-0.15, -0.1) is 0 Å². The Labute approximate surface area is 414 Å². The number of anilines is 6. The van der Waals surface area contributed by atoms with E-state index in [9.17, 15) is 0 Å². The summed E-state index contributed by atoms with van der Waals surface area (Å²) in [6.07, 6.45) is 7.03. The summed E-state index contributed by atoms with van der Waals surface area (Å²) in [5.41, 5.74) is 16.7. The molecule has 12 aromatic rings. The molecule has 1 spiro atoms. The summed E-state index contributed by atoms with van der Waals surface area (Å²) in [7, 11) is 0.